The molecule has 11 nitrogen and oxygen atoms in total. The molecule has 0 aliphatic heterocycles. The molecule has 0 aromatic heterocycles. The molecule has 0 aliphatic rings. The van der Waals surface area contributed by atoms with Gasteiger partial charge in [0.15, 0.2) is 5.78 Å². The van der Waals surface area contributed by atoms with Crippen molar-refractivity contribution in [2.75, 3.05) is 0 Å². The SMILES string of the molecule is CC(=O)c1cc(OC(=O)c2ccccc2[N+](=O)[O-])ccc1OC(=O)c1ccccc1[N+](=O)[O-]. The van der Waals surface area contributed by atoms with E-state index in [9.17, 15) is 34.6 Å². The maximum Gasteiger partial charge on any atom is 0.350 e. The highest BCUT2D eigenvalue weighted by molar-refractivity contribution is 6.01. The van der Waals surface area contributed by atoms with Crippen molar-refractivity contribution >= 4 is 29.1 Å². The Kier molecular flexibility index (Phi) is 6.53. The van der Waals surface area contributed by atoms with Gasteiger partial charge in [0.2, 0.25) is 0 Å². The molecule has 33 heavy (non-hydrogen) atoms. The van der Waals surface area contributed by atoms with E-state index in [1.54, 1.807) is 0 Å². The number of para-hydroxylation sites is 2. The first-order valence-electron chi connectivity index (χ1n) is 9.25. The van der Waals surface area contributed by atoms with Gasteiger partial charge in [-0.05, 0) is 37.3 Å². The monoisotopic (exact) mass is 450 g/mol. The number of esters is 2. The molecule has 0 saturated carbocycles. The van der Waals surface area contributed by atoms with E-state index in [0.29, 0.717) is 0 Å². The van der Waals surface area contributed by atoms with Crippen LogP contribution in [0.4, 0.5) is 11.4 Å². The van der Waals surface area contributed by atoms with E-state index in [1.807, 2.05) is 0 Å². The molecule has 3 rings (SSSR count). The van der Waals surface area contributed by atoms with Crippen molar-refractivity contribution in [3.8, 4) is 11.5 Å². The molecule has 0 radical (unpaired) electrons. The number of rotatable bonds is 7. The molecular formula is C22H14N2O9. The number of ketones is 1. The van der Waals surface area contributed by atoms with Crippen molar-refractivity contribution in [1.82, 2.24) is 0 Å². The van der Waals surface area contributed by atoms with Crippen LogP contribution in [0.3, 0.4) is 0 Å². The zero-order chi connectivity index (χ0) is 24.1. The lowest BCUT2D eigenvalue weighted by molar-refractivity contribution is -0.385. The third-order valence-corrected chi connectivity index (χ3v) is 4.38. The van der Waals surface area contributed by atoms with Gasteiger partial charge in [-0.25, -0.2) is 9.59 Å². The molecule has 3 aromatic rings. The maximum atomic E-state index is 12.5. The van der Waals surface area contributed by atoms with Crippen LogP contribution in [-0.4, -0.2) is 27.6 Å². The molecule has 166 valence electrons. The number of benzene rings is 3. The normalized spacial score (nSPS) is 10.2. The van der Waals surface area contributed by atoms with E-state index >= 15 is 0 Å². The highest BCUT2D eigenvalue weighted by Crippen LogP contribution is 2.28. The van der Waals surface area contributed by atoms with Gasteiger partial charge in [-0.1, -0.05) is 24.3 Å². The quantitative estimate of drug-likeness (QED) is 0.170. The molecule has 0 amide bonds. The third kappa shape index (κ3) is 5.05. The number of carbonyl (C=O) groups excluding carboxylic acids is 3. The van der Waals surface area contributed by atoms with Gasteiger partial charge in [-0.15, -0.1) is 0 Å². The molecule has 0 fully saturated rings. The highest BCUT2D eigenvalue weighted by atomic mass is 16.6. The molecule has 0 heterocycles. The summed E-state index contributed by atoms with van der Waals surface area (Å²) in [5.74, 6) is -2.98. The summed E-state index contributed by atoms with van der Waals surface area (Å²) in [6.45, 7) is 1.17. The van der Waals surface area contributed by atoms with Gasteiger partial charge in [0, 0.05) is 12.1 Å². The second kappa shape index (κ2) is 9.47. The molecule has 0 saturated heterocycles. The fraction of sp³-hybridized carbons (Fsp3) is 0.0455. The lowest BCUT2D eigenvalue weighted by atomic mass is 10.1. The number of nitro benzene ring substituents is 2. The summed E-state index contributed by atoms with van der Waals surface area (Å²) in [5.41, 5.74) is -1.68. The Labute approximate surface area is 185 Å². The second-order valence-corrected chi connectivity index (χ2v) is 6.54. The molecule has 0 atom stereocenters. The van der Waals surface area contributed by atoms with E-state index in [1.165, 1.54) is 55.5 Å². The Morgan fingerprint density at radius 2 is 1.18 bits per heavy atom. The van der Waals surface area contributed by atoms with Gasteiger partial charge in [-0.3, -0.25) is 25.0 Å². The summed E-state index contributed by atoms with van der Waals surface area (Å²) in [6.07, 6.45) is 0. The average molecular weight is 450 g/mol. The topological polar surface area (TPSA) is 156 Å². The van der Waals surface area contributed by atoms with Crippen molar-refractivity contribution in [2.24, 2.45) is 0 Å². The van der Waals surface area contributed by atoms with Gasteiger partial charge < -0.3 is 9.47 Å². The van der Waals surface area contributed by atoms with Crippen molar-refractivity contribution in [1.29, 1.82) is 0 Å². The lowest BCUT2D eigenvalue weighted by Gasteiger charge is -2.11. The number of nitro groups is 2. The minimum atomic E-state index is -1.06. The molecule has 0 spiro atoms. The van der Waals surface area contributed by atoms with E-state index in [4.69, 9.17) is 9.47 Å². The van der Waals surface area contributed by atoms with E-state index in [2.05, 4.69) is 0 Å². The van der Waals surface area contributed by atoms with E-state index < -0.39 is 38.9 Å². The number of carbonyl (C=O) groups is 3. The minimum Gasteiger partial charge on any atom is -0.423 e. The number of nitrogens with zero attached hydrogens (tertiary/aromatic N) is 2. The van der Waals surface area contributed by atoms with Gasteiger partial charge in [0.25, 0.3) is 11.4 Å². The summed E-state index contributed by atoms with van der Waals surface area (Å²) in [4.78, 5) is 57.7. The molecule has 11 heteroatoms. The van der Waals surface area contributed by atoms with Gasteiger partial charge in [0.05, 0.1) is 15.4 Å². The average Bonchev–Trinajstić information content (AvgIpc) is 2.79. The predicted molar refractivity (Wildman–Crippen MR) is 113 cm³/mol. The zero-order valence-corrected chi connectivity index (χ0v) is 16.9. The van der Waals surface area contributed by atoms with Crippen LogP contribution in [0.25, 0.3) is 0 Å². The third-order valence-electron chi connectivity index (χ3n) is 4.38. The van der Waals surface area contributed by atoms with Gasteiger partial charge in [-0.2, -0.15) is 0 Å². The summed E-state index contributed by atoms with van der Waals surface area (Å²) < 4.78 is 10.3. The van der Waals surface area contributed by atoms with Crippen molar-refractivity contribution < 1.29 is 33.7 Å². The molecule has 0 N–H and O–H groups in total. The number of hydrogen-bond acceptors (Lipinski definition) is 9. The molecule has 0 aliphatic carbocycles. The highest BCUT2D eigenvalue weighted by Gasteiger charge is 2.24. The van der Waals surface area contributed by atoms with Crippen LogP contribution in [0, 0.1) is 20.2 Å². The van der Waals surface area contributed by atoms with Crippen LogP contribution in [-0.2, 0) is 0 Å². The van der Waals surface area contributed by atoms with Crippen LogP contribution in [0.5, 0.6) is 11.5 Å². The van der Waals surface area contributed by atoms with Gasteiger partial charge in [0.1, 0.15) is 22.6 Å². The van der Waals surface area contributed by atoms with Crippen molar-refractivity contribution in [3.05, 3.63) is 104 Å². The van der Waals surface area contributed by atoms with Gasteiger partial charge >= 0.3 is 11.9 Å². The maximum absolute atomic E-state index is 12.5. The summed E-state index contributed by atoms with van der Waals surface area (Å²) >= 11 is 0. The second-order valence-electron chi connectivity index (χ2n) is 6.54. The van der Waals surface area contributed by atoms with Crippen LogP contribution in [0.2, 0.25) is 0 Å². The minimum absolute atomic E-state index is 0.131. The number of Topliss-reactive ketones (excluding diaryl/α,β-unsaturated/α-hetero) is 1. The zero-order valence-electron chi connectivity index (χ0n) is 16.9. The van der Waals surface area contributed by atoms with Crippen LogP contribution >= 0.6 is 0 Å². The fourth-order valence-electron chi connectivity index (χ4n) is 2.86. The molecule has 3 aromatic carbocycles. The molecule has 0 bridgehead atoms. The van der Waals surface area contributed by atoms with Crippen LogP contribution < -0.4 is 9.47 Å². The van der Waals surface area contributed by atoms with Crippen molar-refractivity contribution in [2.45, 2.75) is 6.92 Å². The predicted octanol–water partition coefficient (Wildman–Crippen LogP) is 4.14. The Balaban J connectivity index is 1.88. The largest absolute Gasteiger partial charge is 0.423 e. The standard InChI is InChI=1S/C22H14N2O9/c1-13(25)17-12-14(32-21(26)15-6-2-4-8-18(15)23(28)29)10-11-20(17)33-22(27)16-7-3-5-9-19(16)24(30)31/h2-12H,1H3. The van der Waals surface area contributed by atoms with Crippen LogP contribution in [0.15, 0.2) is 66.7 Å². The lowest BCUT2D eigenvalue weighted by Crippen LogP contribution is -2.14. The fourth-order valence-corrected chi connectivity index (χ4v) is 2.86. The first-order chi connectivity index (χ1) is 15.7. The summed E-state index contributed by atoms with van der Waals surface area (Å²) in [7, 11) is 0. The first kappa shape index (κ1) is 22.7. The van der Waals surface area contributed by atoms with E-state index in [0.717, 1.165) is 18.2 Å². The Morgan fingerprint density at radius 3 is 1.67 bits per heavy atom. The summed E-state index contributed by atoms with van der Waals surface area (Å²) in [6, 6.07) is 13.8. The van der Waals surface area contributed by atoms with E-state index in [-0.39, 0.29) is 28.2 Å². The Morgan fingerprint density at radius 1 is 0.697 bits per heavy atom. The van der Waals surface area contributed by atoms with Crippen molar-refractivity contribution in [3.63, 3.8) is 0 Å². The Hall–Kier alpha value is -4.93. The molecule has 0 unspecified atom stereocenters. The number of hydrogen-bond donors (Lipinski definition) is 0. The summed E-state index contributed by atoms with van der Waals surface area (Å²) in [5, 5.41) is 22.3. The first-order valence-corrected chi connectivity index (χ1v) is 9.25. The Bertz CT molecular complexity index is 1300. The molecular weight excluding hydrogens is 436 g/mol. The number of ether oxygens (including phenoxy) is 2. The van der Waals surface area contributed by atoms with Crippen LogP contribution in [0.1, 0.15) is 38.0 Å². The smallest absolute Gasteiger partial charge is 0.350 e.